The highest BCUT2D eigenvalue weighted by atomic mass is 16.5. The van der Waals surface area contributed by atoms with Gasteiger partial charge in [-0.25, -0.2) is 0 Å². The molecule has 0 bridgehead atoms. The van der Waals surface area contributed by atoms with Gasteiger partial charge in [0, 0.05) is 13.1 Å². The summed E-state index contributed by atoms with van der Waals surface area (Å²) in [4.78, 5) is 25.6. The third-order valence-corrected chi connectivity index (χ3v) is 3.62. The summed E-state index contributed by atoms with van der Waals surface area (Å²) in [6.07, 6.45) is 1.87. The molecule has 1 rings (SSSR count). The standard InChI is InChI=1S/C18H27NO4/c1-5-6-11-19(12-15(3)18(21)22-4)17(20)13-23-16-9-7-14(2)8-10-16/h7-10,15H,5-6,11-13H2,1-4H3. The number of benzene rings is 1. The summed E-state index contributed by atoms with van der Waals surface area (Å²) in [5.74, 6) is -0.103. The van der Waals surface area contributed by atoms with Gasteiger partial charge in [-0.05, 0) is 25.5 Å². The first-order chi connectivity index (χ1) is 11.0. The molecule has 1 aromatic rings. The molecule has 0 aliphatic carbocycles. The van der Waals surface area contributed by atoms with Gasteiger partial charge in [0.1, 0.15) is 5.75 Å². The Morgan fingerprint density at radius 1 is 1.22 bits per heavy atom. The number of hydrogen-bond acceptors (Lipinski definition) is 4. The fourth-order valence-corrected chi connectivity index (χ4v) is 2.14. The van der Waals surface area contributed by atoms with Gasteiger partial charge < -0.3 is 14.4 Å². The quantitative estimate of drug-likeness (QED) is 0.656. The third kappa shape index (κ3) is 6.72. The lowest BCUT2D eigenvalue weighted by atomic mass is 10.1. The molecule has 0 aliphatic heterocycles. The summed E-state index contributed by atoms with van der Waals surface area (Å²) in [6, 6.07) is 7.56. The molecule has 0 radical (unpaired) electrons. The molecule has 0 saturated carbocycles. The zero-order chi connectivity index (χ0) is 17.2. The van der Waals surface area contributed by atoms with Crippen LogP contribution in [0.15, 0.2) is 24.3 Å². The van der Waals surface area contributed by atoms with Crippen molar-refractivity contribution in [1.29, 1.82) is 0 Å². The lowest BCUT2D eigenvalue weighted by Gasteiger charge is -2.25. The molecule has 0 aliphatic rings. The number of ether oxygens (including phenoxy) is 2. The van der Waals surface area contributed by atoms with Gasteiger partial charge in [-0.1, -0.05) is 38.0 Å². The Morgan fingerprint density at radius 2 is 1.87 bits per heavy atom. The second-order valence-electron chi connectivity index (χ2n) is 5.72. The molecule has 0 aromatic heterocycles. The Hall–Kier alpha value is -2.04. The van der Waals surface area contributed by atoms with Gasteiger partial charge in [0.05, 0.1) is 13.0 Å². The summed E-state index contributed by atoms with van der Waals surface area (Å²) in [7, 11) is 1.36. The van der Waals surface area contributed by atoms with E-state index >= 15 is 0 Å². The van der Waals surface area contributed by atoms with Crippen LogP contribution < -0.4 is 4.74 Å². The Labute approximate surface area is 138 Å². The molecule has 1 unspecified atom stereocenters. The first-order valence-corrected chi connectivity index (χ1v) is 8.03. The van der Waals surface area contributed by atoms with Crippen LogP contribution in [-0.2, 0) is 14.3 Å². The summed E-state index contributed by atoms with van der Waals surface area (Å²) in [5.41, 5.74) is 1.14. The van der Waals surface area contributed by atoms with Gasteiger partial charge in [-0.15, -0.1) is 0 Å². The molecule has 0 spiro atoms. The van der Waals surface area contributed by atoms with E-state index in [-0.39, 0.29) is 24.4 Å². The van der Waals surface area contributed by atoms with Gasteiger partial charge in [-0.2, -0.15) is 0 Å². The van der Waals surface area contributed by atoms with Crippen LogP contribution in [0.5, 0.6) is 5.75 Å². The number of unbranched alkanes of at least 4 members (excludes halogenated alkanes) is 1. The van der Waals surface area contributed by atoms with E-state index < -0.39 is 0 Å². The van der Waals surface area contributed by atoms with Crippen molar-refractivity contribution in [2.24, 2.45) is 5.92 Å². The maximum Gasteiger partial charge on any atom is 0.310 e. The van der Waals surface area contributed by atoms with Crippen molar-refractivity contribution in [3.8, 4) is 5.75 Å². The smallest absolute Gasteiger partial charge is 0.310 e. The van der Waals surface area contributed by atoms with Crippen LogP contribution in [0.3, 0.4) is 0 Å². The fraction of sp³-hybridized carbons (Fsp3) is 0.556. The number of rotatable bonds is 9. The van der Waals surface area contributed by atoms with Crippen molar-refractivity contribution >= 4 is 11.9 Å². The molecule has 1 atom stereocenters. The molecule has 128 valence electrons. The Bertz CT molecular complexity index is 498. The first-order valence-electron chi connectivity index (χ1n) is 8.03. The molecule has 1 aromatic carbocycles. The van der Waals surface area contributed by atoms with Crippen molar-refractivity contribution < 1.29 is 19.1 Å². The highest BCUT2D eigenvalue weighted by molar-refractivity contribution is 5.79. The predicted octanol–water partition coefficient (Wildman–Crippen LogP) is 2.81. The maximum absolute atomic E-state index is 12.4. The summed E-state index contributed by atoms with van der Waals surface area (Å²) < 4.78 is 10.3. The molecule has 5 heteroatoms. The summed E-state index contributed by atoms with van der Waals surface area (Å²) >= 11 is 0. The SMILES string of the molecule is CCCCN(CC(C)C(=O)OC)C(=O)COc1ccc(C)cc1. The number of methoxy groups -OCH3 is 1. The minimum Gasteiger partial charge on any atom is -0.484 e. The number of carbonyl (C=O) groups excluding carboxylic acids is 2. The van der Waals surface area contributed by atoms with Crippen LogP contribution >= 0.6 is 0 Å². The lowest BCUT2D eigenvalue weighted by molar-refractivity contribution is -0.146. The third-order valence-electron chi connectivity index (χ3n) is 3.62. The average molecular weight is 321 g/mol. The van der Waals surface area contributed by atoms with Gasteiger partial charge in [0.25, 0.3) is 5.91 Å². The molecular formula is C18H27NO4. The molecule has 0 fully saturated rings. The van der Waals surface area contributed by atoms with Crippen LogP contribution in [0.25, 0.3) is 0 Å². The van der Waals surface area contributed by atoms with Crippen molar-refractivity contribution in [3.05, 3.63) is 29.8 Å². The van der Waals surface area contributed by atoms with Crippen LogP contribution in [0.1, 0.15) is 32.3 Å². The Kier molecular flexibility index (Phi) is 8.16. The van der Waals surface area contributed by atoms with E-state index in [0.29, 0.717) is 18.8 Å². The fourth-order valence-electron chi connectivity index (χ4n) is 2.14. The second kappa shape index (κ2) is 9.87. The van der Waals surface area contributed by atoms with E-state index in [1.165, 1.54) is 7.11 Å². The molecule has 23 heavy (non-hydrogen) atoms. The monoisotopic (exact) mass is 321 g/mol. The predicted molar refractivity (Wildman–Crippen MR) is 89.3 cm³/mol. The van der Waals surface area contributed by atoms with E-state index in [0.717, 1.165) is 18.4 Å². The van der Waals surface area contributed by atoms with Crippen LogP contribution in [0.2, 0.25) is 0 Å². The number of aryl methyl sites for hydroxylation is 1. The minimum absolute atomic E-state index is 0.0271. The Morgan fingerprint density at radius 3 is 2.43 bits per heavy atom. The zero-order valence-corrected chi connectivity index (χ0v) is 14.5. The highest BCUT2D eigenvalue weighted by Crippen LogP contribution is 2.12. The summed E-state index contributed by atoms with van der Waals surface area (Å²) in [5, 5.41) is 0. The van der Waals surface area contributed by atoms with Crippen molar-refractivity contribution in [3.63, 3.8) is 0 Å². The molecule has 0 N–H and O–H groups in total. The van der Waals surface area contributed by atoms with Crippen molar-refractivity contribution in [2.45, 2.75) is 33.6 Å². The van der Waals surface area contributed by atoms with E-state index in [2.05, 4.69) is 6.92 Å². The first kappa shape index (κ1) is 19.0. The molecule has 0 heterocycles. The zero-order valence-electron chi connectivity index (χ0n) is 14.5. The normalized spacial score (nSPS) is 11.7. The minimum atomic E-state index is -0.347. The average Bonchev–Trinajstić information content (AvgIpc) is 2.56. The number of carbonyl (C=O) groups is 2. The molecule has 5 nitrogen and oxygen atoms in total. The number of esters is 1. The van der Waals surface area contributed by atoms with Crippen LogP contribution in [0.4, 0.5) is 0 Å². The maximum atomic E-state index is 12.4. The van der Waals surface area contributed by atoms with Gasteiger partial charge in [-0.3, -0.25) is 9.59 Å². The van der Waals surface area contributed by atoms with Crippen LogP contribution in [-0.4, -0.2) is 43.6 Å². The molecule has 1 amide bonds. The van der Waals surface area contributed by atoms with E-state index in [4.69, 9.17) is 9.47 Å². The largest absolute Gasteiger partial charge is 0.484 e. The second-order valence-corrected chi connectivity index (χ2v) is 5.72. The van der Waals surface area contributed by atoms with Gasteiger partial charge >= 0.3 is 5.97 Å². The summed E-state index contributed by atoms with van der Waals surface area (Å²) in [6.45, 7) is 6.76. The molecule has 0 saturated heterocycles. The highest BCUT2D eigenvalue weighted by Gasteiger charge is 2.21. The van der Waals surface area contributed by atoms with Gasteiger partial charge in [0.2, 0.25) is 0 Å². The van der Waals surface area contributed by atoms with E-state index in [1.807, 2.05) is 31.2 Å². The number of amides is 1. The van der Waals surface area contributed by atoms with Crippen molar-refractivity contribution in [1.82, 2.24) is 4.90 Å². The number of nitrogens with zero attached hydrogens (tertiary/aromatic N) is 1. The van der Waals surface area contributed by atoms with Gasteiger partial charge in [0.15, 0.2) is 6.61 Å². The Balaban J connectivity index is 2.59. The molecular weight excluding hydrogens is 294 g/mol. The van der Waals surface area contributed by atoms with E-state index in [9.17, 15) is 9.59 Å². The lowest BCUT2D eigenvalue weighted by Crippen LogP contribution is -2.40. The van der Waals surface area contributed by atoms with Crippen LogP contribution in [0, 0.1) is 12.8 Å². The topological polar surface area (TPSA) is 55.8 Å². The van der Waals surface area contributed by atoms with E-state index in [1.54, 1.807) is 11.8 Å². The van der Waals surface area contributed by atoms with Crippen molar-refractivity contribution in [2.75, 3.05) is 26.8 Å². The number of hydrogen-bond donors (Lipinski definition) is 0.